The van der Waals surface area contributed by atoms with Crippen LogP contribution >= 0.6 is 11.8 Å². The van der Waals surface area contributed by atoms with E-state index < -0.39 is 0 Å². The molecule has 0 spiro atoms. The maximum atomic E-state index is 11.0. The highest BCUT2D eigenvalue weighted by Gasteiger charge is 2.25. The zero-order chi connectivity index (χ0) is 11.8. The van der Waals surface area contributed by atoms with E-state index in [4.69, 9.17) is 4.74 Å². The molecule has 1 aliphatic rings. The van der Waals surface area contributed by atoms with E-state index in [0.717, 1.165) is 31.9 Å². The predicted molar refractivity (Wildman–Crippen MR) is 65.7 cm³/mol. The molecular formula is C11H21NO3S. The Labute approximate surface area is 101 Å². The van der Waals surface area contributed by atoms with Crippen LogP contribution in [0.25, 0.3) is 0 Å². The van der Waals surface area contributed by atoms with Gasteiger partial charge in [-0.25, -0.2) is 0 Å². The van der Waals surface area contributed by atoms with Crippen molar-refractivity contribution in [1.82, 2.24) is 5.32 Å². The molecule has 0 aliphatic carbocycles. The number of rotatable bonds is 7. The molecule has 0 aromatic heterocycles. The van der Waals surface area contributed by atoms with Crippen molar-refractivity contribution in [2.45, 2.75) is 19.4 Å². The summed E-state index contributed by atoms with van der Waals surface area (Å²) < 4.78 is 10.0. The van der Waals surface area contributed by atoms with Crippen LogP contribution in [-0.2, 0) is 14.3 Å². The molecule has 0 aromatic rings. The summed E-state index contributed by atoms with van der Waals surface area (Å²) in [5.41, 5.74) is 0. The SMILES string of the molecule is CCNC(CSCC(=O)OC)C1CCOC1. The summed E-state index contributed by atoms with van der Waals surface area (Å²) in [6.07, 6.45) is 1.12. The van der Waals surface area contributed by atoms with Crippen LogP contribution in [0.5, 0.6) is 0 Å². The molecule has 0 amide bonds. The molecule has 0 saturated carbocycles. The zero-order valence-corrected chi connectivity index (χ0v) is 10.8. The van der Waals surface area contributed by atoms with E-state index in [0.29, 0.717) is 17.7 Å². The lowest BCUT2D eigenvalue weighted by atomic mass is 10.0. The quantitative estimate of drug-likeness (QED) is 0.678. The van der Waals surface area contributed by atoms with Gasteiger partial charge in [-0.05, 0) is 13.0 Å². The first-order valence-corrected chi connectivity index (χ1v) is 6.89. The third-order valence-corrected chi connectivity index (χ3v) is 3.78. The van der Waals surface area contributed by atoms with Gasteiger partial charge in [0.1, 0.15) is 0 Å². The average molecular weight is 247 g/mol. The van der Waals surface area contributed by atoms with Crippen molar-refractivity contribution in [3.8, 4) is 0 Å². The average Bonchev–Trinajstić information content (AvgIpc) is 2.81. The second-order valence-corrected chi connectivity index (χ2v) is 4.91. The Hall–Kier alpha value is -0.260. The Morgan fingerprint density at radius 1 is 1.69 bits per heavy atom. The van der Waals surface area contributed by atoms with Gasteiger partial charge in [0.2, 0.25) is 0 Å². The molecule has 1 aliphatic heterocycles. The Balaban J connectivity index is 2.24. The van der Waals surface area contributed by atoms with Gasteiger partial charge < -0.3 is 14.8 Å². The third kappa shape index (κ3) is 4.72. The van der Waals surface area contributed by atoms with E-state index in [1.165, 1.54) is 7.11 Å². The van der Waals surface area contributed by atoms with Crippen molar-refractivity contribution in [2.75, 3.05) is 38.4 Å². The second-order valence-electron chi connectivity index (χ2n) is 3.88. The monoisotopic (exact) mass is 247 g/mol. The van der Waals surface area contributed by atoms with E-state index in [2.05, 4.69) is 17.0 Å². The van der Waals surface area contributed by atoms with Crippen LogP contribution in [-0.4, -0.2) is 50.4 Å². The summed E-state index contributed by atoms with van der Waals surface area (Å²) in [5.74, 6) is 1.82. The summed E-state index contributed by atoms with van der Waals surface area (Å²) in [7, 11) is 1.43. The standard InChI is InChI=1S/C11H21NO3S/c1-3-12-10(9-4-5-15-6-9)7-16-8-11(13)14-2/h9-10,12H,3-8H2,1-2H3. The fraction of sp³-hybridized carbons (Fsp3) is 0.909. The molecule has 0 radical (unpaired) electrons. The molecule has 4 nitrogen and oxygen atoms in total. The fourth-order valence-corrected chi connectivity index (χ4v) is 2.87. The minimum Gasteiger partial charge on any atom is -0.468 e. The highest BCUT2D eigenvalue weighted by molar-refractivity contribution is 7.99. The van der Waals surface area contributed by atoms with Gasteiger partial charge in [-0.3, -0.25) is 4.79 Å². The summed E-state index contributed by atoms with van der Waals surface area (Å²) in [4.78, 5) is 11.0. The van der Waals surface area contributed by atoms with Gasteiger partial charge >= 0.3 is 5.97 Å². The molecule has 16 heavy (non-hydrogen) atoms. The van der Waals surface area contributed by atoms with Crippen molar-refractivity contribution >= 4 is 17.7 Å². The van der Waals surface area contributed by atoms with Crippen molar-refractivity contribution in [2.24, 2.45) is 5.92 Å². The molecule has 1 saturated heterocycles. The van der Waals surface area contributed by atoms with Gasteiger partial charge in [0.25, 0.3) is 0 Å². The molecule has 94 valence electrons. The summed E-state index contributed by atoms with van der Waals surface area (Å²) in [6, 6.07) is 0.446. The first-order valence-electron chi connectivity index (χ1n) is 5.73. The van der Waals surface area contributed by atoms with Gasteiger partial charge in [-0.15, -0.1) is 11.8 Å². The summed E-state index contributed by atoms with van der Waals surface area (Å²) in [6.45, 7) is 4.78. The number of thioether (sulfide) groups is 1. The lowest BCUT2D eigenvalue weighted by molar-refractivity contribution is -0.137. The normalized spacial score (nSPS) is 22.0. The maximum Gasteiger partial charge on any atom is 0.315 e. The molecule has 2 atom stereocenters. The number of ether oxygens (including phenoxy) is 2. The largest absolute Gasteiger partial charge is 0.468 e. The van der Waals surface area contributed by atoms with Gasteiger partial charge in [0, 0.05) is 24.3 Å². The Bertz CT molecular complexity index is 207. The van der Waals surface area contributed by atoms with Crippen LogP contribution in [0.2, 0.25) is 0 Å². The first-order chi connectivity index (χ1) is 7.77. The molecule has 2 unspecified atom stereocenters. The number of methoxy groups -OCH3 is 1. The van der Waals surface area contributed by atoms with Crippen molar-refractivity contribution in [1.29, 1.82) is 0 Å². The predicted octanol–water partition coefficient (Wildman–Crippen LogP) is 0.907. The Morgan fingerprint density at radius 2 is 2.50 bits per heavy atom. The van der Waals surface area contributed by atoms with Crippen molar-refractivity contribution < 1.29 is 14.3 Å². The number of carbonyl (C=O) groups is 1. The number of hydrogen-bond donors (Lipinski definition) is 1. The van der Waals surface area contributed by atoms with E-state index in [1.807, 2.05) is 0 Å². The minimum atomic E-state index is -0.150. The summed E-state index contributed by atoms with van der Waals surface area (Å²) in [5, 5.41) is 3.46. The first kappa shape index (κ1) is 13.8. The molecule has 0 bridgehead atoms. The lowest BCUT2D eigenvalue weighted by Gasteiger charge is -2.22. The number of esters is 1. The Kier molecular flexibility index (Phi) is 6.84. The van der Waals surface area contributed by atoms with Gasteiger partial charge in [-0.1, -0.05) is 6.92 Å². The smallest absolute Gasteiger partial charge is 0.315 e. The molecule has 5 heteroatoms. The number of hydrogen-bond acceptors (Lipinski definition) is 5. The fourth-order valence-electron chi connectivity index (χ4n) is 1.82. The highest BCUT2D eigenvalue weighted by atomic mass is 32.2. The zero-order valence-electron chi connectivity index (χ0n) is 10.0. The molecule has 1 N–H and O–H groups in total. The van der Waals surface area contributed by atoms with Crippen LogP contribution < -0.4 is 5.32 Å². The van der Waals surface area contributed by atoms with E-state index in [1.54, 1.807) is 11.8 Å². The van der Waals surface area contributed by atoms with E-state index >= 15 is 0 Å². The minimum absolute atomic E-state index is 0.150. The molecular weight excluding hydrogens is 226 g/mol. The van der Waals surface area contributed by atoms with Gasteiger partial charge in [0.05, 0.1) is 19.5 Å². The van der Waals surface area contributed by atoms with Gasteiger partial charge in [0.15, 0.2) is 0 Å². The molecule has 1 heterocycles. The maximum absolute atomic E-state index is 11.0. The van der Waals surface area contributed by atoms with Crippen LogP contribution in [0.1, 0.15) is 13.3 Å². The van der Waals surface area contributed by atoms with Crippen LogP contribution in [0.15, 0.2) is 0 Å². The molecule has 0 aromatic carbocycles. The van der Waals surface area contributed by atoms with Gasteiger partial charge in [-0.2, -0.15) is 0 Å². The summed E-state index contributed by atoms with van der Waals surface area (Å²) >= 11 is 1.63. The van der Waals surface area contributed by atoms with Crippen molar-refractivity contribution in [3.63, 3.8) is 0 Å². The molecule has 1 fully saturated rings. The molecule has 1 rings (SSSR count). The lowest BCUT2D eigenvalue weighted by Crippen LogP contribution is -2.38. The highest BCUT2D eigenvalue weighted by Crippen LogP contribution is 2.19. The van der Waals surface area contributed by atoms with Crippen LogP contribution in [0, 0.1) is 5.92 Å². The van der Waals surface area contributed by atoms with E-state index in [-0.39, 0.29) is 5.97 Å². The second kappa shape index (κ2) is 7.92. The number of carbonyl (C=O) groups excluding carboxylic acids is 1. The van der Waals surface area contributed by atoms with E-state index in [9.17, 15) is 4.79 Å². The topological polar surface area (TPSA) is 47.6 Å². The third-order valence-electron chi connectivity index (χ3n) is 2.75. The van der Waals surface area contributed by atoms with Crippen LogP contribution in [0.4, 0.5) is 0 Å². The number of nitrogens with one attached hydrogen (secondary N) is 1. The van der Waals surface area contributed by atoms with Crippen LogP contribution in [0.3, 0.4) is 0 Å². The van der Waals surface area contributed by atoms with Crippen molar-refractivity contribution in [3.05, 3.63) is 0 Å². The Morgan fingerprint density at radius 3 is 3.06 bits per heavy atom.